The van der Waals surface area contributed by atoms with Gasteiger partial charge in [0.05, 0.1) is 10.5 Å². The van der Waals surface area contributed by atoms with Crippen molar-refractivity contribution in [1.82, 2.24) is 14.3 Å². The van der Waals surface area contributed by atoms with E-state index in [0.29, 0.717) is 38.7 Å². The molecule has 2 aliphatic heterocycles. The second-order valence-electron chi connectivity index (χ2n) is 8.45. The van der Waals surface area contributed by atoms with Gasteiger partial charge in [0.25, 0.3) is 11.5 Å². The lowest BCUT2D eigenvalue weighted by molar-refractivity contribution is -0.122. The number of thioether (sulfide) groups is 1. The number of hydrogen-bond donors (Lipinski definition) is 0. The SMILES string of the molecule is CCCCN1C(=O)/C(=C\c2c(N3CCC(C)CC3)nc3ccc(C)cn3c2=O)SC1=S. The van der Waals surface area contributed by atoms with Crippen LogP contribution in [0.2, 0.25) is 0 Å². The van der Waals surface area contributed by atoms with E-state index < -0.39 is 0 Å². The second kappa shape index (κ2) is 9.12. The first kappa shape index (κ1) is 22.0. The van der Waals surface area contributed by atoms with E-state index in [-0.39, 0.29) is 11.5 Å². The number of amides is 1. The van der Waals surface area contributed by atoms with E-state index in [0.717, 1.165) is 44.3 Å². The number of thiocarbonyl (C=S) groups is 1. The summed E-state index contributed by atoms with van der Waals surface area (Å²) in [7, 11) is 0. The van der Waals surface area contributed by atoms with Crippen LogP contribution < -0.4 is 10.5 Å². The van der Waals surface area contributed by atoms with E-state index in [1.165, 1.54) is 11.8 Å². The van der Waals surface area contributed by atoms with Crippen molar-refractivity contribution in [2.75, 3.05) is 24.5 Å². The van der Waals surface area contributed by atoms with Crippen LogP contribution in [0.25, 0.3) is 11.7 Å². The average Bonchev–Trinajstić information content (AvgIpc) is 3.02. The van der Waals surface area contributed by atoms with Crippen LogP contribution in [0, 0.1) is 12.8 Å². The van der Waals surface area contributed by atoms with Crippen molar-refractivity contribution in [3.05, 3.63) is 44.7 Å². The van der Waals surface area contributed by atoms with Crippen LogP contribution in [0.5, 0.6) is 0 Å². The molecular weight excluding hydrogens is 428 g/mol. The average molecular weight is 457 g/mol. The maximum atomic E-state index is 13.5. The Labute approximate surface area is 192 Å². The Hall–Kier alpha value is -2.19. The molecule has 0 spiro atoms. The monoisotopic (exact) mass is 456 g/mol. The zero-order valence-electron chi connectivity index (χ0n) is 18.3. The fourth-order valence-corrected chi connectivity index (χ4v) is 5.27. The number of fused-ring (bicyclic) bond motifs is 1. The number of unbranched alkanes of at least 4 members (excludes halogenated alkanes) is 1. The fourth-order valence-electron chi connectivity index (χ4n) is 3.97. The topological polar surface area (TPSA) is 57.9 Å². The highest BCUT2D eigenvalue weighted by Gasteiger charge is 2.32. The number of nitrogens with zero attached hydrogens (tertiary/aromatic N) is 4. The minimum absolute atomic E-state index is 0.115. The van der Waals surface area contributed by atoms with Gasteiger partial charge in [-0.15, -0.1) is 0 Å². The van der Waals surface area contributed by atoms with Crippen molar-refractivity contribution in [3.63, 3.8) is 0 Å². The first-order chi connectivity index (χ1) is 14.9. The van der Waals surface area contributed by atoms with Crippen molar-refractivity contribution in [3.8, 4) is 0 Å². The Morgan fingerprint density at radius 1 is 1.26 bits per heavy atom. The molecule has 0 saturated carbocycles. The third kappa shape index (κ3) is 4.41. The van der Waals surface area contributed by atoms with Gasteiger partial charge >= 0.3 is 0 Å². The van der Waals surface area contributed by atoms with Crippen LogP contribution in [0.3, 0.4) is 0 Å². The minimum Gasteiger partial charge on any atom is -0.356 e. The number of aromatic nitrogens is 2. The van der Waals surface area contributed by atoms with Crippen LogP contribution in [-0.4, -0.2) is 44.1 Å². The Balaban J connectivity index is 1.82. The summed E-state index contributed by atoms with van der Waals surface area (Å²) in [5.41, 5.74) is 1.92. The summed E-state index contributed by atoms with van der Waals surface area (Å²) in [6.45, 7) is 8.62. The summed E-state index contributed by atoms with van der Waals surface area (Å²) in [6.07, 6.45) is 7.53. The van der Waals surface area contributed by atoms with Gasteiger partial charge in [-0.2, -0.15) is 0 Å². The summed E-state index contributed by atoms with van der Waals surface area (Å²) < 4.78 is 2.14. The maximum Gasteiger partial charge on any atom is 0.267 e. The van der Waals surface area contributed by atoms with E-state index in [4.69, 9.17) is 17.2 Å². The van der Waals surface area contributed by atoms with Gasteiger partial charge in [-0.25, -0.2) is 4.98 Å². The molecule has 1 amide bonds. The standard InChI is InChI=1S/C23H28N4O2S2/c1-4-5-10-26-22(29)18(31-23(26)30)13-17-20(25-11-8-15(2)9-12-25)24-19-7-6-16(3)14-27(19)21(17)28/h6-7,13-15H,4-5,8-12H2,1-3H3/b18-13+. The molecule has 0 radical (unpaired) electrons. The van der Waals surface area contributed by atoms with Crippen molar-refractivity contribution >= 4 is 51.7 Å². The summed E-state index contributed by atoms with van der Waals surface area (Å²) in [5, 5.41) is 0. The molecule has 2 aromatic rings. The lowest BCUT2D eigenvalue weighted by Gasteiger charge is -2.32. The van der Waals surface area contributed by atoms with Gasteiger partial charge in [0.1, 0.15) is 15.8 Å². The van der Waals surface area contributed by atoms with E-state index in [1.54, 1.807) is 21.6 Å². The number of aryl methyl sites for hydroxylation is 1. The van der Waals surface area contributed by atoms with E-state index in [9.17, 15) is 9.59 Å². The maximum absolute atomic E-state index is 13.5. The first-order valence-electron chi connectivity index (χ1n) is 10.9. The molecule has 0 aromatic carbocycles. The molecular formula is C23H28N4O2S2. The molecule has 8 heteroatoms. The van der Waals surface area contributed by atoms with Gasteiger partial charge in [0.2, 0.25) is 0 Å². The molecule has 31 heavy (non-hydrogen) atoms. The van der Waals surface area contributed by atoms with Crippen molar-refractivity contribution in [2.45, 2.75) is 46.5 Å². The lowest BCUT2D eigenvalue weighted by atomic mass is 9.99. The van der Waals surface area contributed by atoms with Gasteiger partial charge < -0.3 is 4.90 Å². The number of carbonyl (C=O) groups is 1. The molecule has 2 aliphatic rings. The Bertz CT molecular complexity index is 1120. The molecule has 0 N–H and O–H groups in total. The van der Waals surface area contributed by atoms with Crippen LogP contribution in [0.15, 0.2) is 28.0 Å². The quantitative estimate of drug-likeness (QED) is 0.495. The molecule has 2 aromatic heterocycles. The van der Waals surface area contributed by atoms with E-state index in [2.05, 4.69) is 18.7 Å². The number of hydrogen-bond acceptors (Lipinski definition) is 6. The third-order valence-electron chi connectivity index (χ3n) is 5.95. The molecule has 0 bridgehead atoms. The first-order valence-corrected chi connectivity index (χ1v) is 12.1. The highest BCUT2D eigenvalue weighted by Crippen LogP contribution is 2.34. The largest absolute Gasteiger partial charge is 0.356 e. The van der Waals surface area contributed by atoms with Gasteiger partial charge in [-0.3, -0.25) is 18.9 Å². The zero-order chi connectivity index (χ0) is 22.1. The number of carbonyl (C=O) groups excluding carboxylic acids is 1. The van der Waals surface area contributed by atoms with Crippen molar-refractivity contribution in [1.29, 1.82) is 0 Å². The number of anilines is 1. The van der Waals surface area contributed by atoms with Crippen LogP contribution >= 0.6 is 24.0 Å². The van der Waals surface area contributed by atoms with Gasteiger partial charge in [-0.1, -0.05) is 50.3 Å². The summed E-state index contributed by atoms with van der Waals surface area (Å²) >= 11 is 6.71. The molecule has 4 rings (SSSR count). The smallest absolute Gasteiger partial charge is 0.267 e. The number of pyridine rings is 1. The summed E-state index contributed by atoms with van der Waals surface area (Å²) in [5.74, 6) is 1.22. The molecule has 6 nitrogen and oxygen atoms in total. The van der Waals surface area contributed by atoms with Gasteiger partial charge in [0.15, 0.2) is 0 Å². The van der Waals surface area contributed by atoms with Gasteiger partial charge in [0, 0.05) is 25.8 Å². The summed E-state index contributed by atoms with van der Waals surface area (Å²) in [6, 6.07) is 3.84. The number of rotatable bonds is 5. The molecule has 2 saturated heterocycles. The molecule has 0 aliphatic carbocycles. The van der Waals surface area contributed by atoms with Crippen molar-refractivity contribution < 1.29 is 4.79 Å². The van der Waals surface area contributed by atoms with Gasteiger partial charge in [-0.05, 0) is 49.8 Å². The third-order valence-corrected chi connectivity index (χ3v) is 7.33. The van der Waals surface area contributed by atoms with Crippen LogP contribution in [-0.2, 0) is 4.79 Å². The molecule has 0 unspecified atom stereocenters. The molecule has 0 atom stereocenters. The second-order valence-corrected chi connectivity index (χ2v) is 10.1. The Morgan fingerprint density at radius 2 is 2.00 bits per heavy atom. The van der Waals surface area contributed by atoms with Crippen LogP contribution in [0.1, 0.15) is 50.7 Å². The highest BCUT2D eigenvalue weighted by atomic mass is 32.2. The summed E-state index contributed by atoms with van der Waals surface area (Å²) in [4.78, 5) is 35.7. The predicted molar refractivity (Wildman–Crippen MR) is 132 cm³/mol. The minimum atomic E-state index is -0.152. The Morgan fingerprint density at radius 3 is 2.71 bits per heavy atom. The normalized spacial score (nSPS) is 19.3. The van der Waals surface area contributed by atoms with Crippen LogP contribution in [0.4, 0.5) is 5.82 Å². The predicted octanol–water partition coefficient (Wildman–Crippen LogP) is 4.24. The fraction of sp³-hybridized carbons (Fsp3) is 0.478. The number of piperidine rings is 1. The lowest BCUT2D eigenvalue weighted by Crippen LogP contribution is -2.36. The van der Waals surface area contributed by atoms with E-state index in [1.807, 2.05) is 19.1 Å². The highest BCUT2D eigenvalue weighted by molar-refractivity contribution is 8.26. The zero-order valence-corrected chi connectivity index (χ0v) is 19.9. The van der Waals surface area contributed by atoms with Crippen molar-refractivity contribution in [2.24, 2.45) is 5.92 Å². The Kier molecular flexibility index (Phi) is 6.48. The molecule has 2 fully saturated rings. The molecule has 164 valence electrons. The molecule has 4 heterocycles. The van der Waals surface area contributed by atoms with E-state index >= 15 is 0 Å².